The van der Waals surface area contributed by atoms with Crippen molar-refractivity contribution in [3.05, 3.63) is 82.9 Å². The van der Waals surface area contributed by atoms with Crippen LogP contribution >= 0.6 is 12.4 Å². The van der Waals surface area contributed by atoms with Crippen molar-refractivity contribution >= 4 is 24.1 Å². The zero-order valence-corrected chi connectivity index (χ0v) is 21.3. The van der Waals surface area contributed by atoms with E-state index >= 15 is 0 Å². The Labute approximate surface area is 208 Å². The predicted molar refractivity (Wildman–Crippen MR) is 137 cm³/mol. The van der Waals surface area contributed by atoms with Gasteiger partial charge >= 0.3 is 6.03 Å². The van der Waals surface area contributed by atoms with Crippen LogP contribution in [0, 0.1) is 30.6 Å². The maximum atomic E-state index is 13.7. The summed E-state index contributed by atoms with van der Waals surface area (Å²) >= 11 is 0. The van der Waals surface area contributed by atoms with Crippen molar-refractivity contribution in [1.82, 2.24) is 14.5 Å². The molecule has 1 aromatic heterocycles. The van der Waals surface area contributed by atoms with Crippen molar-refractivity contribution < 1.29 is 4.79 Å². The van der Waals surface area contributed by atoms with Gasteiger partial charge in [0, 0.05) is 25.0 Å². The first-order valence-corrected chi connectivity index (χ1v) is 11.3. The second-order valence-electron chi connectivity index (χ2n) is 9.94. The lowest BCUT2D eigenvalue weighted by Gasteiger charge is -2.33. The summed E-state index contributed by atoms with van der Waals surface area (Å²) in [7, 11) is 0. The van der Waals surface area contributed by atoms with Crippen molar-refractivity contribution in [2.75, 3.05) is 11.4 Å². The molecule has 2 aromatic carbocycles. The SMILES string of the molecule is Cc1cccc(N2CC(C(C)(C)C)N(Cc3cncn3Cc3ccc(C#N)cc3)C2=O)c1C.Cl. The molecule has 2 heterocycles. The van der Waals surface area contributed by atoms with E-state index in [1.807, 2.05) is 58.7 Å². The molecule has 2 amide bonds. The van der Waals surface area contributed by atoms with Gasteiger partial charge in [-0.25, -0.2) is 9.78 Å². The number of rotatable bonds is 5. The second-order valence-corrected chi connectivity index (χ2v) is 9.94. The summed E-state index contributed by atoms with van der Waals surface area (Å²) in [5.41, 5.74) is 5.97. The highest BCUT2D eigenvalue weighted by atomic mass is 35.5. The van der Waals surface area contributed by atoms with Crippen molar-refractivity contribution in [1.29, 1.82) is 5.26 Å². The molecule has 1 aliphatic rings. The maximum Gasteiger partial charge on any atom is 0.325 e. The Morgan fingerprint density at radius 1 is 1.09 bits per heavy atom. The number of imidazole rings is 1. The Hall–Kier alpha value is -3.30. The van der Waals surface area contributed by atoms with Crippen LogP contribution in [-0.4, -0.2) is 33.1 Å². The lowest BCUT2D eigenvalue weighted by atomic mass is 9.86. The highest BCUT2D eigenvalue weighted by Crippen LogP contribution is 2.36. The average Bonchev–Trinajstić information content (AvgIpc) is 3.35. The highest BCUT2D eigenvalue weighted by Gasteiger charge is 2.44. The first kappa shape index (κ1) is 25.3. The van der Waals surface area contributed by atoms with Crippen LogP contribution in [0.15, 0.2) is 55.0 Å². The van der Waals surface area contributed by atoms with Crippen LogP contribution in [0.4, 0.5) is 10.5 Å². The molecule has 1 fully saturated rings. The number of anilines is 1. The zero-order valence-electron chi connectivity index (χ0n) is 20.4. The van der Waals surface area contributed by atoms with Gasteiger partial charge in [-0.2, -0.15) is 5.26 Å². The Kier molecular flexibility index (Phi) is 7.38. The third-order valence-corrected chi connectivity index (χ3v) is 6.64. The quantitative estimate of drug-likeness (QED) is 0.473. The number of hydrogen-bond acceptors (Lipinski definition) is 3. The zero-order chi connectivity index (χ0) is 23.8. The summed E-state index contributed by atoms with van der Waals surface area (Å²) in [6, 6.07) is 16.0. The van der Waals surface area contributed by atoms with Gasteiger partial charge in [0.2, 0.25) is 0 Å². The van der Waals surface area contributed by atoms with Gasteiger partial charge in [-0.05, 0) is 54.2 Å². The molecule has 0 aliphatic carbocycles. The molecule has 1 unspecified atom stereocenters. The van der Waals surface area contributed by atoms with E-state index in [2.05, 4.69) is 56.3 Å². The Balaban J connectivity index is 0.00000324. The lowest BCUT2D eigenvalue weighted by molar-refractivity contribution is 0.148. The van der Waals surface area contributed by atoms with Gasteiger partial charge in [-0.15, -0.1) is 12.4 Å². The molecular weight excluding hydrogens is 446 g/mol. The molecule has 3 aromatic rings. The number of nitrogens with zero attached hydrogens (tertiary/aromatic N) is 5. The molecule has 0 N–H and O–H groups in total. The number of benzene rings is 2. The fraction of sp³-hybridized carbons (Fsp3) is 0.370. The number of amides is 2. The maximum absolute atomic E-state index is 13.7. The monoisotopic (exact) mass is 477 g/mol. The van der Waals surface area contributed by atoms with E-state index in [-0.39, 0.29) is 29.9 Å². The van der Waals surface area contributed by atoms with Gasteiger partial charge in [0.15, 0.2) is 0 Å². The van der Waals surface area contributed by atoms with Crippen molar-refractivity contribution in [3.8, 4) is 6.07 Å². The molecule has 0 spiro atoms. The Morgan fingerprint density at radius 3 is 2.44 bits per heavy atom. The fourth-order valence-electron chi connectivity index (χ4n) is 4.46. The second kappa shape index (κ2) is 9.90. The summed E-state index contributed by atoms with van der Waals surface area (Å²) in [4.78, 5) is 22.0. The molecule has 7 heteroatoms. The Bertz CT molecular complexity index is 1200. The predicted octanol–water partition coefficient (Wildman–Crippen LogP) is 5.70. The minimum Gasteiger partial charge on any atom is -0.329 e. The van der Waals surface area contributed by atoms with Crippen LogP contribution in [0.25, 0.3) is 0 Å². The van der Waals surface area contributed by atoms with Gasteiger partial charge in [0.05, 0.1) is 36.2 Å². The number of halogens is 1. The molecule has 1 saturated heterocycles. The number of aromatic nitrogens is 2. The molecule has 0 radical (unpaired) electrons. The van der Waals surface area contributed by atoms with Gasteiger partial charge in [-0.1, -0.05) is 45.0 Å². The number of nitriles is 1. The van der Waals surface area contributed by atoms with E-state index in [1.165, 1.54) is 5.56 Å². The molecule has 34 heavy (non-hydrogen) atoms. The third-order valence-electron chi connectivity index (χ3n) is 6.64. The molecule has 0 bridgehead atoms. The highest BCUT2D eigenvalue weighted by molar-refractivity contribution is 5.95. The summed E-state index contributed by atoms with van der Waals surface area (Å²) in [6.45, 7) is 12.5. The molecular formula is C27H32ClN5O. The van der Waals surface area contributed by atoms with Gasteiger partial charge in [0.25, 0.3) is 0 Å². The third kappa shape index (κ3) is 4.95. The van der Waals surface area contributed by atoms with Crippen LogP contribution in [-0.2, 0) is 13.1 Å². The molecule has 0 saturated carbocycles. The molecule has 6 nitrogen and oxygen atoms in total. The topological polar surface area (TPSA) is 65.2 Å². The van der Waals surface area contributed by atoms with E-state index in [4.69, 9.17) is 5.26 Å². The number of carbonyl (C=O) groups excluding carboxylic acids is 1. The van der Waals surface area contributed by atoms with Crippen LogP contribution in [0.5, 0.6) is 0 Å². The Morgan fingerprint density at radius 2 is 1.79 bits per heavy atom. The molecule has 1 atom stereocenters. The molecule has 1 aliphatic heterocycles. The minimum atomic E-state index is -0.0693. The summed E-state index contributed by atoms with van der Waals surface area (Å²) < 4.78 is 2.08. The van der Waals surface area contributed by atoms with Gasteiger partial charge in [0.1, 0.15) is 0 Å². The number of aryl methyl sites for hydroxylation is 1. The summed E-state index contributed by atoms with van der Waals surface area (Å²) in [5.74, 6) is 0. The summed E-state index contributed by atoms with van der Waals surface area (Å²) in [6.07, 6.45) is 3.65. The molecule has 4 rings (SSSR count). The molecule has 178 valence electrons. The standard InChI is InChI=1S/C27H31N5O.ClH/c1-19-7-6-8-24(20(19)2)31-17-25(27(3,4)5)32(26(31)33)16-23-14-29-18-30(23)15-22-11-9-21(13-28)10-12-22;/h6-12,14,18,25H,15-17H2,1-5H3;1H. The van der Waals surface area contributed by atoms with E-state index in [0.29, 0.717) is 25.2 Å². The largest absolute Gasteiger partial charge is 0.329 e. The van der Waals surface area contributed by atoms with Crippen LogP contribution < -0.4 is 4.90 Å². The van der Waals surface area contributed by atoms with E-state index in [9.17, 15) is 4.79 Å². The van der Waals surface area contributed by atoms with Crippen LogP contribution in [0.3, 0.4) is 0 Å². The smallest absolute Gasteiger partial charge is 0.325 e. The van der Waals surface area contributed by atoms with Crippen LogP contribution in [0.2, 0.25) is 0 Å². The average molecular weight is 478 g/mol. The minimum absolute atomic E-state index is 0. The van der Waals surface area contributed by atoms with E-state index < -0.39 is 0 Å². The number of hydrogen-bond donors (Lipinski definition) is 0. The number of urea groups is 1. The van der Waals surface area contributed by atoms with Crippen LogP contribution in [0.1, 0.15) is 48.7 Å². The van der Waals surface area contributed by atoms with E-state index in [1.54, 1.807) is 0 Å². The van der Waals surface area contributed by atoms with Crippen molar-refractivity contribution in [3.63, 3.8) is 0 Å². The van der Waals surface area contributed by atoms with Crippen molar-refractivity contribution in [2.45, 2.75) is 53.8 Å². The van der Waals surface area contributed by atoms with Crippen molar-refractivity contribution in [2.24, 2.45) is 5.41 Å². The number of carbonyl (C=O) groups is 1. The fourth-order valence-corrected chi connectivity index (χ4v) is 4.46. The van der Waals surface area contributed by atoms with Gasteiger partial charge < -0.3 is 9.47 Å². The first-order valence-electron chi connectivity index (χ1n) is 11.3. The summed E-state index contributed by atoms with van der Waals surface area (Å²) in [5, 5.41) is 9.03. The normalized spacial score (nSPS) is 15.9. The lowest BCUT2D eigenvalue weighted by Crippen LogP contribution is -2.42. The van der Waals surface area contributed by atoms with E-state index in [0.717, 1.165) is 22.5 Å². The first-order chi connectivity index (χ1) is 15.7. The van der Waals surface area contributed by atoms with Gasteiger partial charge in [-0.3, -0.25) is 4.90 Å².